The molecule has 7 nitrogen and oxygen atoms in total. The van der Waals surface area contributed by atoms with Crippen LogP contribution in [0.4, 0.5) is 0 Å². The Morgan fingerprint density at radius 1 is 1.23 bits per heavy atom. The van der Waals surface area contributed by atoms with Crippen LogP contribution in [0.3, 0.4) is 0 Å². The quantitative estimate of drug-likeness (QED) is 0.646. The Morgan fingerprint density at radius 3 is 2.69 bits per heavy atom. The fraction of sp³-hybridized carbons (Fsp3) is 0.250. The number of sulfonamides is 1. The van der Waals surface area contributed by atoms with Gasteiger partial charge in [0.1, 0.15) is 4.90 Å². The van der Waals surface area contributed by atoms with Crippen LogP contribution in [0.2, 0.25) is 10.0 Å². The van der Waals surface area contributed by atoms with Gasteiger partial charge in [0.05, 0.1) is 17.2 Å². The SMILES string of the molecule is Cc1cc(S(=O)(=O)N2CC(c3nc(-c4ccco4)no3)C2)c(Cl)cc1Cl. The average Bonchev–Trinajstić information content (AvgIpc) is 3.19. The lowest BCUT2D eigenvalue weighted by Gasteiger charge is -2.36. The van der Waals surface area contributed by atoms with E-state index in [1.165, 1.54) is 22.7 Å². The number of aromatic nitrogens is 2. The number of nitrogens with zero attached hydrogens (tertiary/aromatic N) is 3. The Balaban J connectivity index is 1.52. The maximum absolute atomic E-state index is 12.8. The summed E-state index contributed by atoms with van der Waals surface area (Å²) in [5, 5.41) is 4.38. The van der Waals surface area contributed by atoms with Crippen molar-refractivity contribution in [2.24, 2.45) is 0 Å². The normalized spacial score (nSPS) is 16.0. The van der Waals surface area contributed by atoms with E-state index in [1.807, 2.05) is 0 Å². The third-order valence-corrected chi connectivity index (χ3v) is 6.92. The molecule has 0 radical (unpaired) electrons. The molecule has 1 aliphatic heterocycles. The molecule has 3 aromatic rings. The van der Waals surface area contributed by atoms with E-state index in [1.54, 1.807) is 19.1 Å². The van der Waals surface area contributed by atoms with Crippen molar-refractivity contribution >= 4 is 33.2 Å². The highest BCUT2D eigenvalue weighted by atomic mass is 35.5. The van der Waals surface area contributed by atoms with Gasteiger partial charge in [0.15, 0.2) is 5.76 Å². The summed E-state index contributed by atoms with van der Waals surface area (Å²) in [7, 11) is -3.72. The van der Waals surface area contributed by atoms with Crippen molar-refractivity contribution in [3.05, 3.63) is 52.0 Å². The summed E-state index contributed by atoms with van der Waals surface area (Å²) in [6, 6.07) is 6.36. The lowest BCUT2D eigenvalue weighted by atomic mass is 10.0. The third-order valence-electron chi connectivity index (χ3n) is 4.21. The minimum atomic E-state index is -3.72. The molecule has 1 aliphatic rings. The van der Waals surface area contributed by atoms with Gasteiger partial charge in [0, 0.05) is 18.1 Å². The molecule has 1 aromatic carbocycles. The number of hydrogen-bond acceptors (Lipinski definition) is 6. The first kappa shape index (κ1) is 17.5. The van der Waals surface area contributed by atoms with Crippen LogP contribution in [-0.2, 0) is 10.0 Å². The summed E-state index contributed by atoms with van der Waals surface area (Å²) in [6.45, 7) is 2.20. The van der Waals surface area contributed by atoms with E-state index in [4.69, 9.17) is 32.1 Å². The van der Waals surface area contributed by atoms with Gasteiger partial charge in [0.25, 0.3) is 0 Å². The molecule has 0 aliphatic carbocycles. The highest BCUT2D eigenvalue weighted by Gasteiger charge is 2.41. The largest absolute Gasteiger partial charge is 0.461 e. The van der Waals surface area contributed by atoms with Crippen molar-refractivity contribution in [2.45, 2.75) is 17.7 Å². The van der Waals surface area contributed by atoms with Crippen molar-refractivity contribution in [2.75, 3.05) is 13.1 Å². The molecule has 10 heteroatoms. The summed E-state index contributed by atoms with van der Waals surface area (Å²) < 4.78 is 37.3. The second-order valence-corrected chi connectivity index (χ2v) is 8.71. The number of aryl methyl sites for hydroxylation is 1. The van der Waals surface area contributed by atoms with E-state index in [-0.39, 0.29) is 28.9 Å². The van der Waals surface area contributed by atoms with Gasteiger partial charge >= 0.3 is 0 Å². The monoisotopic (exact) mass is 413 g/mol. The van der Waals surface area contributed by atoms with Crippen molar-refractivity contribution in [3.63, 3.8) is 0 Å². The van der Waals surface area contributed by atoms with Gasteiger partial charge in [-0.3, -0.25) is 0 Å². The Hall–Kier alpha value is -1.87. The zero-order valence-corrected chi connectivity index (χ0v) is 15.8. The fourth-order valence-electron chi connectivity index (χ4n) is 2.66. The van der Waals surface area contributed by atoms with E-state index in [2.05, 4.69) is 10.1 Å². The molecule has 2 aromatic heterocycles. The number of rotatable bonds is 4. The van der Waals surface area contributed by atoms with Gasteiger partial charge in [-0.1, -0.05) is 28.4 Å². The Bertz CT molecular complexity index is 1060. The van der Waals surface area contributed by atoms with Crippen LogP contribution in [0.15, 0.2) is 44.4 Å². The van der Waals surface area contributed by atoms with Gasteiger partial charge in [0.2, 0.25) is 21.7 Å². The summed E-state index contributed by atoms with van der Waals surface area (Å²) in [5.74, 6) is 1.03. The maximum atomic E-state index is 12.8. The topological polar surface area (TPSA) is 89.4 Å². The van der Waals surface area contributed by atoms with Crippen LogP contribution >= 0.6 is 23.2 Å². The average molecular weight is 414 g/mol. The lowest BCUT2D eigenvalue weighted by Crippen LogP contribution is -2.48. The molecule has 136 valence electrons. The Morgan fingerprint density at radius 2 is 2.00 bits per heavy atom. The van der Waals surface area contributed by atoms with Crippen LogP contribution in [0.25, 0.3) is 11.6 Å². The van der Waals surface area contributed by atoms with E-state index in [0.29, 0.717) is 28.1 Å². The van der Waals surface area contributed by atoms with Gasteiger partial charge in [-0.05, 0) is 36.8 Å². The number of furan rings is 1. The number of halogens is 2. The van der Waals surface area contributed by atoms with Crippen molar-refractivity contribution in [1.82, 2.24) is 14.4 Å². The zero-order chi connectivity index (χ0) is 18.5. The van der Waals surface area contributed by atoms with Crippen molar-refractivity contribution in [1.29, 1.82) is 0 Å². The van der Waals surface area contributed by atoms with E-state index < -0.39 is 10.0 Å². The van der Waals surface area contributed by atoms with Crippen LogP contribution in [0, 0.1) is 6.92 Å². The number of hydrogen-bond donors (Lipinski definition) is 0. The smallest absolute Gasteiger partial charge is 0.244 e. The first-order chi connectivity index (χ1) is 12.4. The molecule has 0 unspecified atom stereocenters. The molecule has 0 spiro atoms. The third kappa shape index (κ3) is 2.92. The predicted octanol–water partition coefficient (Wildman–Crippen LogP) is 3.73. The predicted molar refractivity (Wildman–Crippen MR) is 94.7 cm³/mol. The first-order valence-electron chi connectivity index (χ1n) is 7.69. The Kier molecular flexibility index (Phi) is 4.31. The molecular weight excluding hydrogens is 401 g/mol. The lowest BCUT2D eigenvalue weighted by molar-refractivity contribution is 0.217. The van der Waals surface area contributed by atoms with Gasteiger partial charge in [-0.2, -0.15) is 9.29 Å². The maximum Gasteiger partial charge on any atom is 0.244 e. The molecule has 0 saturated carbocycles. The molecular formula is C16H13Cl2N3O4S. The molecule has 26 heavy (non-hydrogen) atoms. The van der Waals surface area contributed by atoms with E-state index in [9.17, 15) is 8.42 Å². The molecule has 0 atom stereocenters. The van der Waals surface area contributed by atoms with Gasteiger partial charge in [-0.25, -0.2) is 8.42 Å². The summed E-state index contributed by atoms with van der Waals surface area (Å²) >= 11 is 12.1. The second kappa shape index (κ2) is 6.38. The van der Waals surface area contributed by atoms with Gasteiger partial charge < -0.3 is 8.94 Å². The first-order valence-corrected chi connectivity index (χ1v) is 9.89. The minimum absolute atomic E-state index is 0.0429. The minimum Gasteiger partial charge on any atom is -0.461 e. The molecule has 0 N–H and O–H groups in total. The van der Waals surface area contributed by atoms with Gasteiger partial charge in [-0.15, -0.1) is 0 Å². The molecule has 0 bridgehead atoms. The number of benzene rings is 1. The van der Waals surface area contributed by atoms with Crippen molar-refractivity contribution in [3.8, 4) is 11.6 Å². The summed E-state index contributed by atoms with van der Waals surface area (Å²) in [4.78, 5) is 4.31. The fourth-order valence-corrected chi connectivity index (χ4v) is 5.00. The summed E-state index contributed by atoms with van der Waals surface area (Å²) in [6.07, 6.45) is 1.51. The standard InChI is InChI=1S/C16H13Cl2N3O4S/c1-9-5-14(12(18)6-11(9)17)26(22,23)21-7-10(8-21)16-19-15(20-25-16)13-3-2-4-24-13/h2-6,10H,7-8H2,1H3. The Labute approximate surface area is 159 Å². The van der Waals surface area contributed by atoms with Crippen LogP contribution in [0.1, 0.15) is 17.4 Å². The highest BCUT2D eigenvalue weighted by molar-refractivity contribution is 7.89. The molecule has 1 fully saturated rings. The molecule has 3 heterocycles. The molecule has 4 rings (SSSR count). The van der Waals surface area contributed by atoms with Crippen LogP contribution in [0.5, 0.6) is 0 Å². The summed E-state index contributed by atoms with van der Waals surface area (Å²) in [5.41, 5.74) is 0.645. The molecule has 1 saturated heterocycles. The zero-order valence-electron chi connectivity index (χ0n) is 13.5. The van der Waals surface area contributed by atoms with E-state index >= 15 is 0 Å². The van der Waals surface area contributed by atoms with Crippen molar-refractivity contribution < 1.29 is 17.4 Å². The van der Waals surface area contributed by atoms with Crippen LogP contribution < -0.4 is 0 Å². The molecule has 0 amide bonds. The second-order valence-electron chi connectivity index (χ2n) is 5.98. The highest BCUT2D eigenvalue weighted by Crippen LogP contribution is 2.36. The van der Waals surface area contributed by atoms with Crippen LogP contribution in [-0.4, -0.2) is 36.0 Å². The van der Waals surface area contributed by atoms with E-state index in [0.717, 1.165) is 0 Å².